The minimum atomic E-state index is -0.104. The van der Waals surface area contributed by atoms with E-state index in [9.17, 15) is 5.11 Å². The van der Waals surface area contributed by atoms with Crippen LogP contribution in [0.2, 0.25) is 0 Å². The van der Waals surface area contributed by atoms with Gasteiger partial charge in [0.25, 0.3) is 0 Å². The normalized spacial score (nSPS) is 32.1. The van der Waals surface area contributed by atoms with Crippen molar-refractivity contribution in [1.82, 2.24) is 4.37 Å². The lowest BCUT2D eigenvalue weighted by Gasteiger charge is -2.19. The summed E-state index contributed by atoms with van der Waals surface area (Å²) in [4.78, 5) is 3.46. The number of aromatic nitrogens is 1. The van der Waals surface area contributed by atoms with Crippen LogP contribution in [-0.2, 0) is 0 Å². The molecule has 3 unspecified atom stereocenters. The predicted molar refractivity (Wildman–Crippen MR) is 72.7 cm³/mol. The number of hydrogen-bond acceptors (Lipinski definition) is 6. The third kappa shape index (κ3) is 1.82. The number of anilines is 2. The summed E-state index contributed by atoms with van der Waals surface area (Å²) in [5.41, 5.74) is 5.87. The van der Waals surface area contributed by atoms with Gasteiger partial charge < -0.3 is 15.7 Å². The molecular formula is C11H17N3OS2. The van der Waals surface area contributed by atoms with Gasteiger partial charge in [-0.25, -0.2) is 0 Å². The Morgan fingerprint density at radius 2 is 2.29 bits per heavy atom. The number of aliphatic hydroxyl groups is 1. The molecular weight excluding hydrogens is 254 g/mol. The number of fused-ring (bicyclic) bond motifs is 1. The van der Waals surface area contributed by atoms with E-state index in [0.29, 0.717) is 17.7 Å². The smallest absolute Gasteiger partial charge is 0.153 e. The van der Waals surface area contributed by atoms with E-state index in [1.165, 1.54) is 16.5 Å². The first-order chi connectivity index (χ1) is 8.20. The maximum atomic E-state index is 9.93. The molecule has 1 aromatic heterocycles. The second kappa shape index (κ2) is 4.33. The largest absolute Gasteiger partial charge is 0.393 e. The van der Waals surface area contributed by atoms with Crippen molar-refractivity contribution in [2.75, 3.05) is 30.0 Å². The summed E-state index contributed by atoms with van der Waals surface area (Å²) in [7, 11) is 0. The zero-order valence-corrected chi connectivity index (χ0v) is 11.4. The summed E-state index contributed by atoms with van der Waals surface area (Å²) in [5, 5.41) is 11.1. The first kappa shape index (κ1) is 11.6. The lowest BCUT2D eigenvalue weighted by Crippen LogP contribution is -2.24. The molecule has 1 saturated carbocycles. The summed E-state index contributed by atoms with van der Waals surface area (Å²) >= 11 is 3.15. The van der Waals surface area contributed by atoms with Crippen molar-refractivity contribution in [3.63, 3.8) is 0 Å². The number of rotatable bonds is 2. The minimum Gasteiger partial charge on any atom is -0.393 e. The third-order valence-corrected chi connectivity index (χ3v) is 5.83. The molecule has 1 aromatic rings. The highest BCUT2D eigenvalue weighted by atomic mass is 32.2. The summed E-state index contributed by atoms with van der Waals surface area (Å²) in [5.74, 6) is 1.76. The van der Waals surface area contributed by atoms with E-state index in [1.54, 1.807) is 11.8 Å². The molecule has 1 aliphatic carbocycles. The third-order valence-electron chi connectivity index (χ3n) is 3.97. The molecule has 0 bridgehead atoms. The molecule has 17 heavy (non-hydrogen) atoms. The molecule has 3 N–H and O–H groups in total. The molecule has 0 amide bonds. The van der Waals surface area contributed by atoms with Crippen molar-refractivity contribution in [2.45, 2.75) is 23.8 Å². The van der Waals surface area contributed by atoms with Gasteiger partial charge in [-0.1, -0.05) is 0 Å². The predicted octanol–water partition coefficient (Wildman–Crippen LogP) is 1.65. The molecule has 2 fully saturated rings. The van der Waals surface area contributed by atoms with Gasteiger partial charge in [0.1, 0.15) is 5.00 Å². The molecule has 2 heterocycles. The van der Waals surface area contributed by atoms with Crippen LogP contribution in [-0.4, -0.2) is 34.9 Å². The first-order valence-corrected chi connectivity index (χ1v) is 7.92. The van der Waals surface area contributed by atoms with Gasteiger partial charge in [-0.2, -0.15) is 4.37 Å². The minimum absolute atomic E-state index is 0.104. The Morgan fingerprint density at radius 3 is 3.00 bits per heavy atom. The highest BCUT2D eigenvalue weighted by molar-refractivity contribution is 7.99. The Labute approximate surface area is 109 Å². The molecule has 1 saturated heterocycles. The molecule has 4 nitrogen and oxygen atoms in total. The summed E-state index contributed by atoms with van der Waals surface area (Å²) < 4.78 is 4.24. The highest BCUT2D eigenvalue weighted by Crippen LogP contribution is 2.44. The molecule has 94 valence electrons. The summed E-state index contributed by atoms with van der Waals surface area (Å²) in [6.07, 6.45) is 4.07. The average molecular weight is 271 g/mol. The number of nitrogens with zero attached hydrogens (tertiary/aromatic N) is 2. The van der Waals surface area contributed by atoms with E-state index in [2.05, 4.69) is 9.27 Å². The van der Waals surface area contributed by atoms with Crippen LogP contribution >= 0.6 is 23.3 Å². The van der Waals surface area contributed by atoms with E-state index >= 15 is 0 Å². The summed E-state index contributed by atoms with van der Waals surface area (Å²) in [6.45, 7) is 2.01. The topological polar surface area (TPSA) is 62.4 Å². The second-order valence-corrected chi connectivity index (χ2v) is 6.45. The van der Waals surface area contributed by atoms with Crippen molar-refractivity contribution >= 4 is 34.1 Å². The molecule has 0 spiro atoms. The van der Waals surface area contributed by atoms with E-state index in [1.807, 2.05) is 6.26 Å². The lowest BCUT2D eigenvalue weighted by molar-refractivity contribution is 0.133. The Bertz CT molecular complexity index is 423. The Hall–Kier alpha value is -0.460. The fourth-order valence-electron chi connectivity index (χ4n) is 3.08. The van der Waals surface area contributed by atoms with E-state index in [0.717, 1.165) is 30.8 Å². The van der Waals surface area contributed by atoms with Crippen LogP contribution in [0, 0.1) is 11.8 Å². The molecule has 3 atom stereocenters. The van der Waals surface area contributed by atoms with E-state index in [4.69, 9.17) is 5.73 Å². The van der Waals surface area contributed by atoms with Crippen molar-refractivity contribution in [2.24, 2.45) is 11.8 Å². The highest BCUT2D eigenvalue weighted by Gasteiger charge is 2.42. The van der Waals surface area contributed by atoms with Crippen LogP contribution in [0.1, 0.15) is 12.8 Å². The van der Waals surface area contributed by atoms with Crippen LogP contribution in [0.3, 0.4) is 0 Å². The molecule has 0 radical (unpaired) electrons. The number of nitrogen functional groups attached to an aromatic ring is 1. The molecule has 6 heteroatoms. The van der Waals surface area contributed by atoms with Gasteiger partial charge in [-0.05, 0) is 36.5 Å². The van der Waals surface area contributed by atoms with Crippen molar-refractivity contribution in [1.29, 1.82) is 0 Å². The Kier molecular flexibility index (Phi) is 2.96. The standard InChI is InChI=1S/C11H17N3OS2/c1-16-9-10(12)13-17-11(9)14-4-6-2-3-8(15)7(6)5-14/h6-8,15H,2-5H2,1H3,(H2,12,13). The van der Waals surface area contributed by atoms with Crippen LogP contribution in [0.4, 0.5) is 10.8 Å². The number of aliphatic hydroxyl groups excluding tert-OH is 1. The monoisotopic (exact) mass is 271 g/mol. The number of hydrogen-bond donors (Lipinski definition) is 2. The van der Waals surface area contributed by atoms with Gasteiger partial charge >= 0.3 is 0 Å². The maximum Gasteiger partial charge on any atom is 0.153 e. The lowest BCUT2D eigenvalue weighted by atomic mass is 10.00. The summed E-state index contributed by atoms with van der Waals surface area (Å²) in [6, 6.07) is 0. The fraction of sp³-hybridized carbons (Fsp3) is 0.727. The van der Waals surface area contributed by atoms with Gasteiger partial charge in [-0.15, -0.1) is 11.8 Å². The first-order valence-electron chi connectivity index (χ1n) is 5.93. The van der Waals surface area contributed by atoms with Gasteiger partial charge in [0.2, 0.25) is 0 Å². The van der Waals surface area contributed by atoms with Crippen molar-refractivity contribution in [3.8, 4) is 0 Å². The molecule has 2 aliphatic rings. The fourth-order valence-corrected chi connectivity index (χ4v) is 4.79. The van der Waals surface area contributed by atoms with Crippen molar-refractivity contribution < 1.29 is 5.11 Å². The maximum absolute atomic E-state index is 9.93. The quantitative estimate of drug-likeness (QED) is 0.801. The molecule has 0 aromatic carbocycles. The number of nitrogens with two attached hydrogens (primary N) is 1. The van der Waals surface area contributed by atoms with E-state index in [-0.39, 0.29) is 6.10 Å². The second-order valence-electron chi connectivity index (χ2n) is 4.88. The molecule has 3 rings (SSSR count). The van der Waals surface area contributed by atoms with E-state index < -0.39 is 0 Å². The Balaban J connectivity index is 1.82. The zero-order chi connectivity index (χ0) is 12.0. The van der Waals surface area contributed by atoms with Gasteiger partial charge in [-0.3, -0.25) is 0 Å². The molecule has 1 aliphatic heterocycles. The Morgan fingerprint density at radius 1 is 1.47 bits per heavy atom. The SMILES string of the molecule is CSc1c(N)nsc1N1CC2CCC(O)C2C1. The van der Waals surface area contributed by atoms with Crippen LogP contribution in [0.5, 0.6) is 0 Å². The zero-order valence-electron chi connectivity index (χ0n) is 9.80. The van der Waals surface area contributed by atoms with Crippen molar-refractivity contribution in [3.05, 3.63) is 0 Å². The van der Waals surface area contributed by atoms with Gasteiger partial charge in [0, 0.05) is 19.0 Å². The van der Waals surface area contributed by atoms with Crippen LogP contribution in [0.25, 0.3) is 0 Å². The van der Waals surface area contributed by atoms with Crippen LogP contribution in [0.15, 0.2) is 4.90 Å². The van der Waals surface area contributed by atoms with Crippen LogP contribution < -0.4 is 10.6 Å². The van der Waals surface area contributed by atoms with Gasteiger partial charge in [0.15, 0.2) is 5.82 Å². The van der Waals surface area contributed by atoms with Gasteiger partial charge in [0.05, 0.1) is 11.0 Å². The number of thioether (sulfide) groups is 1. The average Bonchev–Trinajstić information content (AvgIpc) is 2.95.